The van der Waals surface area contributed by atoms with E-state index in [4.69, 9.17) is 28.8 Å². The second-order valence-corrected chi connectivity index (χ2v) is 6.75. The number of hydrogen-bond acceptors (Lipinski definition) is 7. The van der Waals surface area contributed by atoms with Gasteiger partial charge in [0.15, 0.2) is 0 Å². The lowest BCUT2D eigenvalue weighted by molar-refractivity contribution is -0.100. The average Bonchev–Trinajstić information content (AvgIpc) is 2.58. The maximum atomic E-state index is 9.17. The van der Waals surface area contributed by atoms with Crippen molar-refractivity contribution in [1.29, 1.82) is 0 Å². The number of hydrogen-bond donors (Lipinski definition) is 2. The van der Waals surface area contributed by atoms with Crippen LogP contribution in [0.3, 0.4) is 0 Å². The molecule has 0 fully saturated rings. The summed E-state index contributed by atoms with van der Waals surface area (Å²) in [5.41, 5.74) is 0. The van der Waals surface area contributed by atoms with Gasteiger partial charge in [-0.25, -0.2) is 0 Å². The van der Waals surface area contributed by atoms with Gasteiger partial charge in [-0.15, -0.1) is 0 Å². The molecular formula is C18H38O7. The Kier molecular flexibility index (Phi) is 14.7. The molecule has 0 aliphatic heterocycles. The van der Waals surface area contributed by atoms with E-state index in [2.05, 4.69) is 0 Å². The Morgan fingerprint density at radius 2 is 0.800 bits per heavy atom. The Bertz CT molecular complexity index is 301. The van der Waals surface area contributed by atoms with Gasteiger partial charge in [0.25, 0.3) is 0 Å². The van der Waals surface area contributed by atoms with Crippen LogP contribution in [-0.4, -0.2) is 86.5 Å². The first-order chi connectivity index (χ1) is 11.7. The second kappa shape index (κ2) is 14.8. The average molecular weight is 366 g/mol. The Morgan fingerprint density at radius 3 is 1.08 bits per heavy atom. The Morgan fingerprint density at radius 1 is 0.520 bits per heavy atom. The van der Waals surface area contributed by atoms with E-state index in [0.717, 1.165) is 0 Å². The monoisotopic (exact) mass is 366 g/mol. The molecule has 0 aromatic rings. The van der Waals surface area contributed by atoms with Crippen molar-refractivity contribution in [3.8, 4) is 0 Å². The molecule has 0 spiro atoms. The third-order valence-corrected chi connectivity index (χ3v) is 3.34. The molecule has 7 nitrogen and oxygen atoms in total. The fourth-order valence-electron chi connectivity index (χ4n) is 1.75. The molecule has 0 saturated carbocycles. The predicted molar refractivity (Wildman–Crippen MR) is 95.8 cm³/mol. The first kappa shape index (κ1) is 24.7. The third-order valence-electron chi connectivity index (χ3n) is 3.34. The summed E-state index contributed by atoms with van der Waals surface area (Å²) in [5, 5.41) is 18.1. The van der Waals surface area contributed by atoms with E-state index in [-0.39, 0.29) is 37.1 Å². The summed E-state index contributed by atoms with van der Waals surface area (Å²) in [7, 11) is 0. The van der Waals surface area contributed by atoms with Gasteiger partial charge >= 0.3 is 0 Å². The zero-order valence-corrected chi connectivity index (χ0v) is 16.6. The van der Waals surface area contributed by atoms with E-state index in [1.165, 1.54) is 0 Å². The van der Waals surface area contributed by atoms with Crippen molar-refractivity contribution in [2.24, 2.45) is 0 Å². The standard InChI is InChI=1S/C18H38O7/c1-13(20)8-21-15(3)10-23-17(5)12-25-18(6)11-24-16(4)9-22-14(2)7-19/h13-20H,7-12H2,1-6H3/t13-,14?,15?,16?,17?,18?/m1/s1. The number of ether oxygens (including phenoxy) is 5. The van der Waals surface area contributed by atoms with E-state index >= 15 is 0 Å². The Hall–Kier alpha value is -0.280. The minimum atomic E-state index is -0.469. The quantitative estimate of drug-likeness (QED) is 0.427. The zero-order chi connectivity index (χ0) is 19.2. The highest BCUT2D eigenvalue weighted by Crippen LogP contribution is 2.03. The van der Waals surface area contributed by atoms with Crippen molar-refractivity contribution < 1.29 is 33.9 Å². The largest absolute Gasteiger partial charge is 0.394 e. The highest BCUT2D eigenvalue weighted by Gasteiger charge is 2.12. The molecule has 0 radical (unpaired) electrons. The van der Waals surface area contributed by atoms with E-state index in [1.54, 1.807) is 6.92 Å². The van der Waals surface area contributed by atoms with Crippen molar-refractivity contribution in [1.82, 2.24) is 0 Å². The van der Waals surface area contributed by atoms with Crippen LogP contribution >= 0.6 is 0 Å². The lowest BCUT2D eigenvalue weighted by Gasteiger charge is -2.22. The molecule has 0 amide bonds. The Labute approximate surface area is 152 Å². The minimum absolute atomic E-state index is 0.00675. The summed E-state index contributed by atoms with van der Waals surface area (Å²) in [6.45, 7) is 13.4. The van der Waals surface area contributed by atoms with E-state index in [0.29, 0.717) is 33.0 Å². The molecule has 0 saturated heterocycles. The highest BCUT2D eigenvalue weighted by molar-refractivity contribution is 4.57. The normalized spacial score (nSPS) is 19.2. The maximum absolute atomic E-state index is 9.17. The first-order valence-corrected chi connectivity index (χ1v) is 9.11. The lowest BCUT2D eigenvalue weighted by atomic mass is 10.3. The fraction of sp³-hybridized carbons (Fsp3) is 1.00. The fourth-order valence-corrected chi connectivity index (χ4v) is 1.75. The summed E-state index contributed by atoms with van der Waals surface area (Å²) in [4.78, 5) is 0. The van der Waals surface area contributed by atoms with Crippen LogP contribution in [0, 0.1) is 0 Å². The van der Waals surface area contributed by atoms with Crippen LogP contribution in [0.1, 0.15) is 41.5 Å². The van der Waals surface area contributed by atoms with Crippen molar-refractivity contribution >= 4 is 0 Å². The smallest absolute Gasteiger partial charge is 0.0781 e. The molecule has 0 bridgehead atoms. The molecule has 152 valence electrons. The SMILES string of the molecule is CC(CO)OCC(C)OCC(C)OCC(C)OCC(C)OC[C@@H](C)O. The molecule has 0 aromatic heterocycles. The van der Waals surface area contributed by atoms with Gasteiger partial charge in [-0.3, -0.25) is 0 Å². The summed E-state index contributed by atoms with van der Waals surface area (Å²) in [5.74, 6) is 0. The second-order valence-electron chi connectivity index (χ2n) is 6.75. The third kappa shape index (κ3) is 15.7. The lowest BCUT2D eigenvalue weighted by Crippen LogP contribution is -2.29. The van der Waals surface area contributed by atoms with Gasteiger partial charge in [-0.05, 0) is 41.5 Å². The summed E-state index contributed by atoms with van der Waals surface area (Å²) < 4.78 is 27.9. The topological polar surface area (TPSA) is 86.6 Å². The number of aliphatic hydroxyl groups is 2. The van der Waals surface area contributed by atoms with Crippen LogP contribution in [0.2, 0.25) is 0 Å². The molecule has 0 aliphatic rings. The van der Waals surface area contributed by atoms with Crippen molar-refractivity contribution in [3.05, 3.63) is 0 Å². The minimum Gasteiger partial charge on any atom is -0.394 e. The Balaban J connectivity index is 3.70. The van der Waals surface area contributed by atoms with E-state index < -0.39 is 6.10 Å². The van der Waals surface area contributed by atoms with Crippen LogP contribution in [0.5, 0.6) is 0 Å². The molecule has 2 N–H and O–H groups in total. The summed E-state index contributed by atoms with van der Waals surface area (Å²) in [6, 6.07) is 0. The van der Waals surface area contributed by atoms with Gasteiger partial charge < -0.3 is 33.9 Å². The maximum Gasteiger partial charge on any atom is 0.0781 e. The molecule has 0 rings (SSSR count). The predicted octanol–water partition coefficient (Wildman–Crippen LogP) is 1.39. The van der Waals surface area contributed by atoms with Crippen molar-refractivity contribution in [2.45, 2.75) is 78.2 Å². The van der Waals surface area contributed by atoms with Crippen LogP contribution in [0.4, 0.5) is 0 Å². The first-order valence-electron chi connectivity index (χ1n) is 9.11. The number of aliphatic hydroxyl groups excluding tert-OH is 2. The molecule has 7 heteroatoms. The van der Waals surface area contributed by atoms with Crippen LogP contribution in [0.25, 0.3) is 0 Å². The molecule has 25 heavy (non-hydrogen) atoms. The zero-order valence-electron chi connectivity index (χ0n) is 16.6. The van der Waals surface area contributed by atoms with Gasteiger partial charge in [-0.1, -0.05) is 0 Å². The van der Waals surface area contributed by atoms with Gasteiger partial charge in [0.2, 0.25) is 0 Å². The van der Waals surface area contributed by atoms with Crippen molar-refractivity contribution in [2.75, 3.05) is 39.6 Å². The number of rotatable bonds is 16. The molecule has 0 heterocycles. The van der Waals surface area contributed by atoms with Gasteiger partial charge in [0, 0.05) is 0 Å². The molecular weight excluding hydrogens is 328 g/mol. The van der Waals surface area contributed by atoms with E-state index in [1.807, 2.05) is 34.6 Å². The van der Waals surface area contributed by atoms with Crippen LogP contribution in [0.15, 0.2) is 0 Å². The molecule has 0 aromatic carbocycles. The van der Waals surface area contributed by atoms with Gasteiger partial charge in [0.05, 0.1) is 76.3 Å². The van der Waals surface area contributed by atoms with Gasteiger partial charge in [0.1, 0.15) is 0 Å². The summed E-state index contributed by atoms with van der Waals surface area (Å²) >= 11 is 0. The van der Waals surface area contributed by atoms with Crippen molar-refractivity contribution in [3.63, 3.8) is 0 Å². The molecule has 6 atom stereocenters. The van der Waals surface area contributed by atoms with Crippen LogP contribution < -0.4 is 0 Å². The van der Waals surface area contributed by atoms with E-state index in [9.17, 15) is 5.11 Å². The highest BCUT2D eigenvalue weighted by atomic mass is 16.6. The molecule has 0 aliphatic carbocycles. The van der Waals surface area contributed by atoms with Gasteiger partial charge in [-0.2, -0.15) is 0 Å². The summed E-state index contributed by atoms with van der Waals surface area (Å²) in [6.07, 6.45) is -0.868. The van der Waals surface area contributed by atoms with Crippen LogP contribution in [-0.2, 0) is 23.7 Å². The molecule has 5 unspecified atom stereocenters.